The van der Waals surface area contributed by atoms with Crippen molar-refractivity contribution in [3.05, 3.63) is 35.4 Å². The standard InChI is InChI=1S/C21H25N3O5/c1-13(2)10-16(20(28)29-11-17(25)23(5)21(3,4)12-22)24-18(26)14-8-6-7-9-15(14)19(24)27/h6-9,13,16H,10-11H2,1-5H3/t16-/m1/s1. The molecule has 0 aliphatic carbocycles. The topological polar surface area (TPSA) is 108 Å². The van der Waals surface area contributed by atoms with Gasteiger partial charge < -0.3 is 9.64 Å². The maximum absolute atomic E-state index is 12.8. The molecule has 0 radical (unpaired) electrons. The molecule has 1 aliphatic rings. The van der Waals surface area contributed by atoms with E-state index in [9.17, 15) is 19.2 Å². The van der Waals surface area contributed by atoms with Gasteiger partial charge in [0.2, 0.25) is 0 Å². The predicted octanol–water partition coefficient (Wildman–Crippen LogP) is 2.00. The Bertz CT molecular complexity index is 850. The van der Waals surface area contributed by atoms with Crippen molar-refractivity contribution in [2.75, 3.05) is 13.7 Å². The summed E-state index contributed by atoms with van der Waals surface area (Å²) in [5.41, 5.74) is -0.583. The summed E-state index contributed by atoms with van der Waals surface area (Å²) in [4.78, 5) is 52.6. The molecule has 1 heterocycles. The van der Waals surface area contributed by atoms with Crippen LogP contribution in [0.5, 0.6) is 0 Å². The fraction of sp³-hybridized carbons (Fsp3) is 0.476. The van der Waals surface area contributed by atoms with E-state index in [0.29, 0.717) is 0 Å². The molecule has 0 saturated heterocycles. The lowest BCUT2D eigenvalue weighted by atomic mass is 10.0. The molecule has 1 aromatic carbocycles. The van der Waals surface area contributed by atoms with Crippen molar-refractivity contribution in [1.82, 2.24) is 9.80 Å². The van der Waals surface area contributed by atoms with Crippen LogP contribution in [0, 0.1) is 17.2 Å². The Morgan fingerprint density at radius 1 is 1.17 bits per heavy atom. The predicted molar refractivity (Wildman–Crippen MR) is 104 cm³/mol. The third-order valence-corrected chi connectivity index (χ3v) is 4.93. The average molecular weight is 399 g/mol. The number of hydrogen-bond acceptors (Lipinski definition) is 6. The Morgan fingerprint density at radius 2 is 1.69 bits per heavy atom. The highest BCUT2D eigenvalue weighted by atomic mass is 16.5. The molecule has 0 unspecified atom stereocenters. The lowest BCUT2D eigenvalue weighted by molar-refractivity contribution is -0.156. The highest BCUT2D eigenvalue weighted by Gasteiger charge is 2.43. The second kappa shape index (κ2) is 8.43. The van der Waals surface area contributed by atoms with Gasteiger partial charge in [-0.25, -0.2) is 4.79 Å². The minimum Gasteiger partial charge on any atom is -0.454 e. The van der Waals surface area contributed by atoms with Crippen LogP contribution in [0.2, 0.25) is 0 Å². The first-order valence-corrected chi connectivity index (χ1v) is 9.32. The molecule has 0 aromatic heterocycles. The Morgan fingerprint density at radius 3 is 2.14 bits per heavy atom. The maximum Gasteiger partial charge on any atom is 0.329 e. The van der Waals surface area contributed by atoms with Gasteiger partial charge in [0.25, 0.3) is 17.7 Å². The summed E-state index contributed by atoms with van der Waals surface area (Å²) in [5, 5.41) is 9.13. The molecular weight excluding hydrogens is 374 g/mol. The zero-order valence-corrected chi connectivity index (χ0v) is 17.3. The molecule has 8 nitrogen and oxygen atoms in total. The average Bonchev–Trinajstić information content (AvgIpc) is 2.94. The van der Waals surface area contributed by atoms with E-state index in [-0.39, 0.29) is 23.5 Å². The zero-order chi connectivity index (χ0) is 21.9. The second-order valence-electron chi connectivity index (χ2n) is 7.90. The number of hydrogen-bond donors (Lipinski definition) is 0. The molecule has 0 N–H and O–H groups in total. The van der Waals surface area contributed by atoms with E-state index in [1.54, 1.807) is 26.0 Å². The van der Waals surface area contributed by atoms with Crippen molar-refractivity contribution in [3.8, 4) is 6.07 Å². The quantitative estimate of drug-likeness (QED) is 0.513. The Balaban J connectivity index is 2.18. The van der Waals surface area contributed by atoms with Crippen LogP contribution >= 0.6 is 0 Å². The van der Waals surface area contributed by atoms with Gasteiger partial charge in [-0.05, 0) is 38.3 Å². The highest BCUT2D eigenvalue weighted by Crippen LogP contribution is 2.27. The Hall–Kier alpha value is -3.21. The molecule has 8 heteroatoms. The summed E-state index contributed by atoms with van der Waals surface area (Å²) < 4.78 is 5.15. The molecule has 2 rings (SSSR count). The van der Waals surface area contributed by atoms with Crippen LogP contribution in [-0.2, 0) is 14.3 Å². The fourth-order valence-corrected chi connectivity index (χ4v) is 2.96. The largest absolute Gasteiger partial charge is 0.454 e. The monoisotopic (exact) mass is 399 g/mol. The molecule has 0 saturated carbocycles. The van der Waals surface area contributed by atoms with Crippen molar-refractivity contribution in [2.24, 2.45) is 5.92 Å². The summed E-state index contributed by atoms with van der Waals surface area (Å²) in [6.45, 7) is 6.25. The molecule has 1 atom stereocenters. The van der Waals surface area contributed by atoms with Gasteiger partial charge in [-0.1, -0.05) is 26.0 Å². The van der Waals surface area contributed by atoms with Crippen molar-refractivity contribution in [2.45, 2.75) is 45.7 Å². The molecule has 0 bridgehead atoms. The van der Waals surface area contributed by atoms with Gasteiger partial charge in [0.1, 0.15) is 11.6 Å². The third kappa shape index (κ3) is 4.45. The third-order valence-electron chi connectivity index (χ3n) is 4.93. The molecule has 0 spiro atoms. The molecule has 154 valence electrons. The number of likely N-dealkylation sites (N-methyl/N-ethyl adjacent to an activating group) is 1. The number of nitriles is 1. The number of ether oxygens (including phenoxy) is 1. The van der Waals surface area contributed by atoms with Gasteiger partial charge >= 0.3 is 5.97 Å². The number of imide groups is 1. The number of carbonyl (C=O) groups excluding carboxylic acids is 4. The van der Waals surface area contributed by atoms with E-state index in [0.717, 1.165) is 4.90 Å². The van der Waals surface area contributed by atoms with Crippen molar-refractivity contribution >= 4 is 23.7 Å². The van der Waals surface area contributed by atoms with E-state index in [1.807, 2.05) is 19.9 Å². The number of nitrogens with zero attached hydrogens (tertiary/aromatic N) is 3. The second-order valence-corrected chi connectivity index (χ2v) is 7.90. The van der Waals surface area contributed by atoms with Gasteiger partial charge in [0, 0.05) is 7.05 Å². The van der Waals surface area contributed by atoms with Gasteiger partial charge in [0.05, 0.1) is 17.2 Å². The van der Waals surface area contributed by atoms with Crippen LogP contribution in [0.4, 0.5) is 0 Å². The van der Waals surface area contributed by atoms with E-state index in [4.69, 9.17) is 10.00 Å². The summed E-state index contributed by atoms with van der Waals surface area (Å²) in [5.74, 6) is -2.50. The number of amides is 3. The number of esters is 1. The minimum atomic E-state index is -1.13. The molecule has 1 aromatic rings. The van der Waals surface area contributed by atoms with Gasteiger partial charge in [-0.2, -0.15) is 5.26 Å². The number of benzene rings is 1. The van der Waals surface area contributed by atoms with Gasteiger partial charge in [-0.15, -0.1) is 0 Å². The molecule has 3 amide bonds. The van der Waals surface area contributed by atoms with Crippen molar-refractivity contribution in [1.29, 1.82) is 5.26 Å². The van der Waals surface area contributed by atoms with Crippen LogP contribution in [0.1, 0.15) is 54.8 Å². The van der Waals surface area contributed by atoms with E-state index < -0.39 is 41.9 Å². The molecule has 1 aliphatic heterocycles. The van der Waals surface area contributed by atoms with Gasteiger partial charge in [0.15, 0.2) is 6.61 Å². The maximum atomic E-state index is 12.8. The normalized spacial score (nSPS) is 14.4. The Kier molecular flexibility index (Phi) is 6.42. The first-order valence-electron chi connectivity index (χ1n) is 9.32. The van der Waals surface area contributed by atoms with E-state index in [1.165, 1.54) is 24.1 Å². The summed E-state index contributed by atoms with van der Waals surface area (Å²) in [6.07, 6.45) is 0.206. The van der Waals surface area contributed by atoms with Gasteiger partial charge in [-0.3, -0.25) is 19.3 Å². The molecule has 0 fully saturated rings. The van der Waals surface area contributed by atoms with Crippen LogP contribution in [0.15, 0.2) is 24.3 Å². The Labute approximate surface area is 170 Å². The first kappa shape index (κ1) is 22.1. The number of rotatable bonds is 7. The number of carbonyl (C=O) groups is 4. The van der Waals surface area contributed by atoms with Crippen LogP contribution in [-0.4, -0.2) is 58.7 Å². The molecule has 29 heavy (non-hydrogen) atoms. The summed E-state index contributed by atoms with van der Waals surface area (Å²) in [6, 6.07) is 7.23. The van der Waals surface area contributed by atoms with Crippen molar-refractivity contribution in [3.63, 3.8) is 0 Å². The fourth-order valence-electron chi connectivity index (χ4n) is 2.96. The van der Waals surface area contributed by atoms with Crippen molar-refractivity contribution < 1.29 is 23.9 Å². The van der Waals surface area contributed by atoms with Crippen LogP contribution in [0.3, 0.4) is 0 Å². The SMILES string of the molecule is CC(C)C[C@H](C(=O)OCC(=O)N(C)C(C)(C)C#N)N1C(=O)c2ccccc2C1=O. The highest BCUT2D eigenvalue weighted by molar-refractivity contribution is 6.22. The lowest BCUT2D eigenvalue weighted by Crippen LogP contribution is -2.48. The van der Waals surface area contributed by atoms with E-state index in [2.05, 4.69) is 0 Å². The van der Waals surface area contributed by atoms with E-state index >= 15 is 0 Å². The first-order chi connectivity index (χ1) is 13.5. The summed E-state index contributed by atoms with van der Waals surface area (Å²) in [7, 11) is 1.44. The number of fused-ring (bicyclic) bond motifs is 1. The lowest BCUT2D eigenvalue weighted by Gasteiger charge is -2.30. The minimum absolute atomic E-state index is 0.00670. The van der Waals surface area contributed by atoms with Crippen LogP contribution in [0.25, 0.3) is 0 Å². The zero-order valence-electron chi connectivity index (χ0n) is 17.3. The molecular formula is C21H25N3O5. The summed E-state index contributed by atoms with van der Waals surface area (Å²) >= 11 is 0. The smallest absolute Gasteiger partial charge is 0.329 e. The van der Waals surface area contributed by atoms with Crippen LogP contribution < -0.4 is 0 Å².